The number of carbonyl (C=O) groups is 3. The van der Waals surface area contributed by atoms with E-state index in [1.165, 1.54) is 141 Å². The Kier molecular flexibility index (Phi) is 40.8. The van der Waals surface area contributed by atoms with Crippen molar-refractivity contribution in [2.24, 2.45) is 5.73 Å². The van der Waals surface area contributed by atoms with Gasteiger partial charge >= 0.3 is 11.9 Å². The van der Waals surface area contributed by atoms with E-state index in [4.69, 9.17) is 10.5 Å². The highest BCUT2D eigenvalue weighted by atomic mass is 16.5. The van der Waals surface area contributed by atoms with Gasteiger partial charge in [-0.25, -0.2) is 4.79 Å². The van der Waals surface area contributed by atoms with Crippen LogP contribution in [0.2, 0.25) is 0 Å². The van der Waals surface area contributed by atoms with Crippen LogP contribution >= 0.6 is 0 Å². The minimum Gasteiger partial charge on any atom is -0.480 e. The van der Waals surface area contributed by atoms with Crippen LogP contribution in [-0.2, 0) is 19.1 Å². The third kappa shape index (κ3) is 38.4. The molecule has 0 aliphatic rings. The zero-order valence-corrected chi connectivity index (χ0v) is 35.8. The van der Waals surface area contributed by atoms with E-state index in [1.807, 2.05) is 0 Å². The van der Waals surface area contributed by atoms with Crippen LogP contribution in [0.25, 0.3) is 0 Å². The van der Waals surface area contributed by atoms with E-state index in [2.05, 4.69) is 31.3 Å². The Bertz CT molecular complexity index is 863. The van der Waals surface area contributed by atoms with E-state index in [-0.39, 0.29) is 18.0 Å². The van der Waals surface area contributed by atoms with E-state index >= 15 is 0 Å². The molecule has 0 aliphatic carbocycles. The number of rotatable bonds is 43. The van der Waals surface area contributed by atoms with Crippen molar-refractivity contribution in [1.82, 2.24) is 5.32 Å². The first-order chi connectivity index (χ1) is 26.4. The number of hydrogen-bond acceptors (Lipinski definition) is 5. The first kappa shape index (κ1) is 52.1. The van der Waals surface area contributed by atoms with Gasteiger partial charge in [-0.1, -0.05) is 180 Å². The highest BCUT2D eigenvalue weighted by Crippen LogP contribution is 2.19. The third-order valence-electron chi connectivity index (χ3n) is 10.8. The molecule has 0 aromatic heterocycles. The van der Waals surface area contributed by atoms with Crippen LogP contribution in [0.4, 0.5) is 0 Å². The third-order valence-corrected chi connectivity index (χ3v) is 10.8. The summed E-state index contributed by atoms with van der Waals surface area (Å²) in [6, 6.07) is -0.856. The quantitative estimate of drug-likeness (QED) is 0.0323. The Labute approximate surface area is 334 Å². The summed E-state index contributed by atoms with van der Waals surface area (Å²) in [4.78, 5) is 36.4. The Morgan fingerprint density at radius 2 is 0.926 bits per heavy atom. The van der Waals surface area contributed by atoms with Crippen molar-refractivity contribution in [3.63, 3.8) is 0 Å². The number of aliphatic carboxylic acids is 1. The molecule has 4 N–H and O–H groups in total. The average molecular weight is 763 g/mol. The molecule has 0 saturated heterocycles. The van der Waals surface area contributed by atoms with Crippen molar-refractivity contribution in [2.45, 2.75) is 264 Å². The Morgan fingerprint density at radius 1 is 0.519 bits per heavy atom. The fourth-order valence-corrected chi connectivity index (χ4v) is 7.28. The zero-order chi connectivity index (χ0) is 39.6. The van der Waals surface area contributed by atoms with Crippen molar-refractivity contribution in [1.29, 1.82) is 0 Å². The molecule has 0 rings (SSSR count). The minimum absolute atomic E-state index is 0.0116. The topological polar surface area (TPSA) is 119 Å². The largest absolute Gasteiger partial charge is 0.480 e. The fraction of sp³-hybridized carbons (Fsp3) is 0.894. The monoisotopic (exact) mass is 763 g/mol. The van der Waals surface area contributed by atoms with Gasteiger partial charge in [-0.15, -0.1) is 0 Å². The van der Waals surface area contributed by atoms with Crippen molar-refractivity contribution >= 4 is 17.8 Å². The zero-order valence-electron chi connectivity index (χ0n) is 35.8. The van der Waals surface area contributed by atoms with Crippen molar-refractivity contribution < 1.29 is 24.2 Å². The number of esters is 1. The summed E-state index contributed by atoms with van der Waals surface area (Å²) in [7, 11) is 0. The fourth-order valence-electron chi connectivity index (χ4n) is 7.28. The van der Waals surface area contributed by atoms with E-state index in [9.17, 15) is 19.5 Å². The molecule has 0 bridgehead atoms. The molecule has 0 fully saturated rings. The molecule has 0 aromatic carbocycles. The lowest BCUT2D eigenvalue weighted by atomic mass is 10.0. The van der Waals surface area contributed by atoms with Gasteiger partial charge in [-0.3, -0.25) is 9.59 Å². The van der Waals surface area contributed by atoms with Crippen LogP contribution in [0.1, 0.15) is 251 Å². The molecule has 318 valence electrons. The lowest BCUT2D eigenvalue weighted by molar-refractivity contribution is -0.150. The summed E-state index contributed by atoms with van der Waals surface area (Å²) < 4.78 is 6.04. The molecule has 0 heterocycles. The summed E-state index contributed by atoms with van der Waals surface area (Å²) in [6.45, 7) is 4.96. The summed E-state index contributed by atoms with van der Waals surface area (Å²) in [5.41, 5.74) is 5.49. The summed E-state index contributed by atoms with van der Waals surface area (Å²) >= 11 is 0. The first-order valence-corrected chi connectivity index (χ1v) is 23.5. The van der Waals surface area contributed by atoms with Gasteiger partial charge in [0.1, 0.15) is 12.1 Å². The molecule has 7 heteroatoms. The number of allylic oxidation sites excluding steroid dienone is 2. The van der Waals surface area contributed by atoms with Gasteiger partial charge in [0, 0.05) is 12.8 Å². The van der Waals surface area contributed by atoms with Gasteiger partial charge in [0.2, 0.25) is 5.91 Å². The predicted octanol–water partition coefficient (Wildman–Crippen LogP) is 13.5. The number of hydrogen-bond donors (Lipinski definition) is 3. The number of unbranched alkanes of at least 4 members (excludes halogenated alkanes) is 27. The average Bonchev–Trinajstić information content (AvgIpc) is 3.16. The summed E-state index contributed by atoms with van der Waals surface area (Å²) in [5.74, 6) is -1.24. The maximum atomic E-state index is 12.8. The standard InChI is InChI=1S/C47H90N2O5/c1-3-5-7-9-11-13-15-16-17-18-19-20-22-24-26-31-35-41-46(51)54-43(37-32-28-25-23-21-14-12-10-8-6-4-2)38-33-29-27-30-34-40-45(50)49-44(47(52)53)39-36-42-48/h23,25,43-44H,3-22,24,26-42,48H2,1-2H3,(H,49,50)(H,52,53)/b25-23-. The molecular formula is C47H90N2O5. The second kappa shape index (κ2) is 42.3. The number of carboxylic acid groups (broad SMARTS) is 1. The summed E-state index contributed by atoms with van der Waals surface area (Å²) in [5, 5.41) is 11.9. The van der Waals surface area contributed by atoms with Gasteiger partial charge in [-0.05, 0) is 77.2 Å². The molecule has 0 aromatic rings. The molecule has 1 amide bonds. The van der Waals surface area contributed by atoms with E-state index in [1.54, 1.807) is 0 Å². The normalized spacial score (nSPS) is 12.6. The molecule has 0 radical (unpaired) electrons. The van der Waals surface area contributed by atoms with E-state index < -0.39 is 12.0 Å². The number of carbonyl (C=O) groups excluding carboxylic acids is 2. The molecule has 7 nitrogen and oxygen atoms in total. The Hall–Kier alpha value is -1.89. The van der Waals surface area contributed by atoms with Crippen molar-refractivity contribution in [3.8, 4) is 0 Å². The maximum absolute atomic E-state index is 12.8. The van der Waals surface area contributed by atoms with Gasteiger partial charge in [0.25, 0.3) is 0 Å². The number of nitrogens with two attached hydrogens (primary N) is 1. The Morgan fingerprint density at radius 3 is 1.41 bits per heavy atom. The highest BCUT2D eigenvalue weighted by molar-refractivity contribution is 5.83. The second-order valence-corrected chi connectivity index (χ2v) is 16.2. The lowest BCUT2D eigenvalue weighted by Gasteiger charge is -2.18. The lowest BCUT2D eigenvalue weighted by Crippen LogP contribution is -2.40. The van der Waals surface area contributed by atoms with Crippen LogP contribution in [-0.4, -0.2) is 41.6 Å². The number of carboxylic acids is 1. The molecule has 0 aliphatic heterocycles. The first-order valence-electron chi connectivity index (χ1n) is 23.5. The van der Waals surface area contributed by atoms with Gasteiger partial charge in [-0.2, -0.15) is 0 Å². The van der Waals surface area contributed by atoms with Crippen molar-refractivity contribution in [3.05, 3.63) is 12.2 Å². The van der Waals surface area contributed by atoms with Gasteiger partial charge < -0.3 is 20.9 Å². The number of amides is 1. The van der Waals surface area contributed by atoms with Crippen molar-refractivity contribution in [2.75, 3.05) is 6.54 Å². The smallest absolute Gasteiger partial charge is 0.326 e. The second-order valence-electron chi connectivity index (χ2n) is 16.2. The predicted molar refractivity (Wildman–Crippen MR) is 230 cm³/mol. The SMILES string of the molecule is CCCCCCCC/C=C\CCCC(CCCCCCCC(=O)NC(CCCN)C(=O)O)OC(=O)CCCCCCCCCCCCCCCCCCC. The molecule has 2 atom stereocenters. The van der Waals surface area contributed by atoms with Crippen LogP contribution in [0.3, 0.4) is 0 Å². The van der Waals surface area contributed by atoms with Gasteiger partial charge in [0.05, 0.1) is 0 Å². The molecule has 0 spiro atoms. The summed E-state index contributed by atoms with van der Waals surface area (Å²) in [6.07, 6.45) is 46.9. The number of ether oxygens (including phenoxy) is 1. The molecule has 0 saturated carbocycles. The molecule has 54 heavy (non-hydrogen) atoms. The minimum atomic E-state index is -1.00. The van der Waals surface area contributed by atoms with E-state index in [0.717, 1.165) is 70.6 Å². The molecule has 2 unspecified atom stereocenters. The van der Waals surface area contributed by atoms with Gasteiger partial charge in [0.15, 0.2) is 0 Å². The Balaban J connectivity index is 4.25. The highest BCUT2D eigenvalue weighted by Gasteiger charge is 2.19. The maximum Gasteiger partial charge on any atom is 0.326 e. The van der Waals surface area contributed by atoms with E-state index in [0.29, 0.717) is 32.2 Å². The van der Waals surface area contributed by atoms with Crippen LogP contribution < -0.4 is 11.1 Å². The van der Waals surface area contributed by atoms with Crippen LogP contribution in [0, 0.1) is 0 Å². The number of nitrogens with one attached hydrogen (secondary N) is 1. The molecular weight excluding hydrogens is 673 g/mol. The van der Waals surface area contributed by atoms with Crippen LogP contribution in [0.15, 0.2) is 12.2 Å². The van der Waals surface area contributed by atoms with Crippen LogP contribution in [0.5, 0.6) is 0 Å².